The number of para-hydroxylation sites is 1. The number of thiazole rings is 1. The predicted molar refractivity (Wildman–Crippen MR) is 140 cm³/mol. The molecule has 0 radical (unpaired) electrons. The average Bonchev–Trinajstić information content (AvgIpc) is 3.25. The van der Waals surface area contributed by atoms with Crippen LogP contribution in [0.4, 0.5) is 5.69 Å². The zero-order valence-corrected chi connectivity index (χ0v) is 20.2. The number of aromatic nitrogens is 1. The van der Waals surface area contributed by atoms with Crippen molar-refractivity contribution < 1.29 is 9.53 Å². The van der Waals surface area contributed by atoms with Gasteiger partial charge in [-0.05, 0) is 79.7 Å². The minimum atomic E-state index is -0.280. The molecule has 0 bridgehead atoms. The lowest BCUT2D eigenvalue weighted by Crippen LogP contribution is -2.34. The summed E-state index contributed by atoms with van der Waals surface area (Å²) in [6, 6.07) is 21.3. The quantitative estimate of drug-likeness (QED) is 0.234. The Bertz CT molecular complexity index is 1270. The number of nitrogens with one attached hydrogen (secondary N) is 2. The lowest BCUT2D eigenvalue weighted by Gasteiger charge is -2.13. The summed E-state index contributed by atoms with van der Waals surface area (Å²) in [4.78, 5) is 17.4. The second kappa shape index (κ2) is 10.6. The molecule has 7 heteroatoms. The molecule has 4 rings (SSSR count). The van der Waals surface area contributed by atoms with Crippen LogP contribution in [-0.2, 0) is 0 Å². The van der Waals surface area contributed by atoms with E-state index in [9.17, 15) is 4.79 Å². The fourth-order valence-electron chi connectivity index (χ4n) is 3.32. The third kappa shape index (κ3) is 5.74. The molecule has 0 atom stereocenters. The van der Waals surface area contributed by atoms with Crippen LogP contribution in [0.25, 0.3) is 20.8 Å². The maximum absolute atomic E-state index is 12.6. The van der Waals surface area contributed by atoms with Crippen LogP contribution < -0.4 is 15.4 Å². The minimum absolute atomic E-state index is 0.244. The maximum atomic E-state index is 12.6. The van der Waals surface area contributed by atoms with Crippen molar-refractivity contribution >= 4 is 50.5 Å². The number of thiocarbonyl (C=S) groups is 1. The summed E-state index contributed by atoms with van der Waals surface area (Å²) in [7, 11) is 0. The van der Waals surface area contributed by atoms with Crippen LogP contribution in [0.5, 0.6) is 5.75 Å². The molecule has 0 fully saturated rings. The number of carbonyl (C=O) groups excluding carboxylic acids is 1. The van der Waals surface area contributed by atoms with Gasteiger partial charge in [0, 0.05) is 16.8 Å². The Labute approximate surface area is 202 Å². The molecular weight excluding hydrogens is 450 g/mol. The topological polar surface area (TPSA) is 63.2 Å². The minimum Gasteiger partial charge on any atom is -0.494 e. The summed E-state index contributed by atoms with van der Waals surface area (Å²) in [5.41, 5.74) is 4.39. The van der Waals surface area contributed by atoms with Gasteiger partial charge in [-0.15, -0.1) is 11.3 Å². The van der Waals surface area contributed by atoms with Crippen molar-refractivity contribution in [1.82, 2.24) is 10.3 Å². The van der Waals surface area contributed by atoms with Crippen LogP contribution in [-0.4, -0.2) is 22.6 Å². The van der Waals surface area contributed by atoms with Crippen LogP contribution in [0.1, 0.15) is 35.7 Å². The third-order valence-electron chi connectivity index (χ3n) is 5.11. The van der Waals surface area contributed by atoms with E-state index >= 15 is 0 Å². The first-order valence-electron chi connectivity index (χ1n) is 10.9. The molecule has 0 saturated carbocycles. The number of aryl methyl sites for hydroxylation is 1. The molecule has 0 saturated heterocycles. The van der Waals surface area contributed by atoms with E-state index in [1.54, 1.807) is 29.5 Å². The summed E-state index contributed by atoms with van der Waals surface area (Å²) in [6.07, 6.45) is 2.03. The van der Waals surface area contributed by atoms with Crippen LogP contribution in [0.15, 0.2) is 66.7 Å². The molecule has 0 aliphatic rings. The number of hydrogen-bond acceptors (Lipinski definition) is 5. The number of amides is 1. The fourth-order valence-corrected chi connectivity index (χ4v) is 4.49. The molecule has 5 nitrogen and oxygen atoms in total. The first kappa shape index (κ1) is 22.9. The van der Waals surface area contributed by atoms with E-state index in [-0.39, 0.29) is 11.0 Å². The molecule has 3 aromatic carbocycles. The zero-order chi connectivity index (χ0) is 23.2. The number of nitrogens with zero attached hydrogens (tertiary/aromatic N) is 1. The maximum Gasteiger partial charge on any atom is 0.257 e. The van der Waals surface area contributed by atoms with Gasteiger partial charge in [0.2, 0.25) is 0 Å². The van der Waals surface area contributed by atoms with Crippen molar-refractivity contribution in [3.05, 3.63) is 77.9 Å². The molecule has 33 heavy (non-hydrogen) atoms. The third-order valence-corrected chi connectivity index (χ3v) is 6.39. The number of fused-ring (bicyclic) bond motifs is 1. The van der Waals surface area contributed by atoms with Crippen LogP contribution >= 0.6 is 23.6 Å². The van der Waals surface area contributed by atoms with Crippen molar-refractivity contribution in [3.8, 4) is 16.3 Å². The lowest BCUT2D eigenvalue weighted by molar-refractivity contribution is 0.0977. The van der Waals surface area contributed by atoms with Crippen LogP contribution in [0.2, 0.25) is 0 Å². The molecule has 0 spiro atoms. The van der Waals surface area contributed by atoms with Crippen molar-refractivity contribution in [2.75, 3.05) is 11.9 Å². The number of unbranched alkanes of at least 4 members (excludes halogenated alkanes) is 1. The average molecular weight is 476 g/mol. The molecule has 0 aliphatic carbocycles. The van der Waals surface area contributed by atoms with E-state index in [1.807, 2.05) is 43.3 Å². The van der Waals surface area contributed by atoms with E-state index < -0.39 is 0 Å². The van der Waals surface area contributed by atoms with Crippen molar-refractivity contribution in [2.24, 2.45) is 0 Å². The van der Waals surface area contributed by atoms with Crippen LogP contribution in [0.3, 0.4) is 0 Å². The number of rotatable bonds is 7. The van der Waals surface area contributed by atoms with E-state index in [2.05, 4.69) is 29.7 Å². The molecule has 1 aromatic heterocycles. The lowest BCUT2D eigenvalue weighted by atomic mass is 10.1. The van der Waals surface area contributed by atoms with E-state index in [1.165, 1.54) is 0 Å². The standard InChI is InChI=1S/C26H25N3O2S2/c1-3-4-14-31-20-9-7-8-18(16-20)24(30)29-26(32)28-21-13-12-19(15-17(21)2)25-27-22-10-5-6-11-23(22)33-25/h5-13,15-16H,3-4,14H2,1-2H3,(H2,28,29,30,32). The highest BCUT2D eigenvalue weighted by molar-refractivity contribution is 7.80. The largest absolute Gasteiger partial charge is 0.494 e. The Morgan fingerprint density at radius 1 is 1.09 bits per heavy atom. The number of benzene rings is 3. The SMILES string of the molecule is CCCCOc1cccc(C(=O)NC(=S)Nc2ccc(-c3nc4ccccc4s3)cc2C)c1. The Morgan fingerprint density at radius 2 is 1.94 bits per heavy atom. The first-order valence-corrected chi connectivity index (χ1v) is 12.1. The van der Waals surface area contributed by atoms with Gasteiger partial charge in [0.05, 0.1) is 16.8 Å². The van der Waals surface area contributed by atoms with Gasteiger partial charge in [0.25, 0.3) is 5.91 Å². The fraction of sp³-hybridized carbons (Fsp3) is 0.192. The number of hydrogen-bond donors (Lipinski definition) is 2. The zero-order valence-electron chi connectivity index (χ0n) is 18.6. The Morgan fingerprint density at radius 3 is 2.73 bits per heavy atom. The van der Waals surface area contributed by atoms with E-state index in [0.29, 0.717) is 17.9 Å². The summed E-state index contributed by atoms with van der Waals surface area (Å²) >= 11 is 7.04. The van der Waals surface area contributed by atoms with Gasteiger partial charge in [0.1, 0.15) is 10.8 Å². The van der Waals surface area contributed by atoms with Crippen LogP contribution in [0, 0.1) is 6.92 Å². The summed E-state index contributed by atoms with van der Waals surface area (Å²) in [5.74, 6) is 0.397. The number of carbonyl (C=O) groups is 1. The highest BCUT2D eigenvalue weighted by Crippen LogP contribution is 2.31. The Hall–Kier alpha value is -3.29. The number of anilines is 1. The number of ether oxygens (including phenoxy) is 1. The smallest absolute Gasteiger partial charge is 0.257 e. The molecule has 4 aromatic rings. The van der Waals surface area contributed by atoms with Gasteiger partial charge in [-0.3, -0.25) is 10.1 Å². The van der Waals surface area contributed by atoms with E-state index in [0.717, 1.165) is 44.9 Å². The second-order valence-electron chi connectivity index (χ2n) is 7.65. The van der Waals surface area contributed by atoms with Crippen molar-refractivity contribution in [1.29, 1.82) is 0 Å². The molecule has 1 amide bonds. The normalized spacial score (nSPS) is 10.7. The summed E-state index contributed by atoms with van der Waals surface area (Å²) in [5, 5.41) is 7.09. The van der Waals surface area contributed by atoms with Crippen molar-refractivity contribution in [2.45, 2.75) is 26.7 Å². The highest BCUT2D eigenvalue weighted by Gasteiger charge is 2.12. The molecule has 0 aliphatic heterocycles. The predicted octanol–water partition coefficient (Wildman–Crippen LogP) is 6.58. The van der Waals surface area contributed by atoms with Gasteiger partial charge in [-0.1, -0.05) is 31.5 Å². The molecule has 1 heterocycles. The second-order valence-corrected chi connectivity index (χ2v) is 9.09. The summed E-state index contributed by atoms with van der Waals surface area (Å²) in [6.45, 7) is 4.74. The Kier molecular flexibility index (Phi) is 7.32. The van der Waals surface area contributed by atoms with Gasteiger partial charge in [0.15, 0.2) is 5.11 Å². The van der Waals surface area contributed by atoms with Gasteiger partial charge >= 0.3 is 0 Å². The van der Waals surface area contributed by atoms with E-state index in [4.69, 9.17) is 21.9 Å². The summed E-state index contributed by atoms with van der Waals surface area (Å²) < 4.78 is 6.85. The first-order chi connectivity index (χ1) is 16.0. The van der Waals surface area contributed by atoms with Gasteiger partial charge < -0.3 is 10.1 Å². The van der Waals surface area contributed by atoms with Crippen molar-refractivity contribution in [3.63, 3.8) is 0 Å². The highest BCUT2D eigenvalue weighted by atomic mass is 32.1. The molecular formula is C26H25N3O2S2. The molecule has 0 unspecified atom stereocenters. The monoisotopic (exact) mass is 475 g/mol. The van der Waals surface area contributed by atoms with Gasteiger partial charge in [-0.25, -0.2) is 4.98 Å². The molecule has 168 valence electrons. The Balaban J connectivity index is 1.40. The molecule has 2 N–H and O–H groups in total. The van der Waals surface area contributed by atoms with Gasteiger partial charge in [-0.2, -0.15) is 0 Å².